The van der Waals surface area contributed by atoms with Crippen LogP contribution in [0.5, 0.6) is 0 Å². The Labute approximate surface area is 107 Å². The van der Waals surface area contributed by atoms with E-state index in [9.17, 15) is 4.79 Å². The standard InChI is InChI=1S/C15H18N2O/c1-3-12(4-2)15(18)14-10-11-17(16-14)13-8-6-5-7-9-13/h5-12H,3-4H2,1-2H3. The third-order valence-electron chi connectivity index (χ3n) is 3.22. The zero-order valence-electron chi connectivity index (χ0n) is 10.8. The Kier molecular flexibility index (Phi) is 3.92. The third kappa shape index (κ3) is 2.50. The topological polar surface area (TPSA) is 34.9 Å². The van der Waals surface area contributed by atoms with Crippen LogP contribution in [0.3, 0.4) is 0 Å². The van der Waals surface area contributed by atoms with Gasteiger partial charge in [0.15, 0.2) is 5.78 Å². The van der Waals surface area contributed by atoms with E-state index in [2.05, 4.69) is 5.10 Å². The van der Waals surface area contributed by atoms with Gasteiger partial charge in [-0.1, -0.05) is 32.0 Å². The van der Waals surface area contributed by atoms with Crippen molar-refractivity contribution in [1.29, 1.82) is 0 Å². The number of aromatic nitrogens is 2. The van der Waals surface area contributed by atoms with E-state index in [1.807, 2.05) is 50.4 Å². The van der Waals surface area contributed by atoms with Crippen LogP contribution in [0.1, 0.15) is 37.2 Å². The maximum absolute atomic E-state index is 12.2. The van der Waals surface area contributed by atoms with Crippen LogP contribution in [-0.4, -0.2) is 15.6 Å². The number of Topliss-reactive ketones (excluding diaryl/α,β-unsaturated/α-hetero) is 1. The maximum atomic E-state index is 12.2. The van der Waals surface area contributed by atoms with Crippen LogP contribution >= 0.6 is 0 Å². The van der Waals surface area contributed by atoms with Crippen molar-refractivity contribution < 1.29 is 4.79 Å². The summed E-state index contributed by atoms with van der Waals surface area (Å²) in [6.45, 7) is 4.08. The number of para-hydroxylation sites is 1. The Bertz CT molecular complexity index is 512. The van der Waals surface area contributed by atoms with Crippen molar-refractivity contribution in [3.05, 3.63) is 48.3 Å². The molecule has 3 heteroatoms. The summed E-state index contributed by atoms with van der Waals surface area (Å²) in [5, 5.41) is 4.36. The Morgan fingerprint density at radius 1 is 1.17 bits per heavy atom. The summed E-state index contributed by atoms with van der Waals surface area (Å²) in [4.78, 5) is 12.2. The van der Waals surface area contributed by atoms with Gasteiger partial charge in [-0.2, -0.15) is 5.10 Å². The van der Waals surface area contributed by atoms with Gasteiger partial charge in [-0.25, -0.2) is 4.68 Å². The summed E-state index contributed by atoms with van der Waals surface area (Å²) < 4.78 is 1.75. The highest BCUT2D eigenvalue weighted by Gasteiger charge is 2.18. The molecular weight excluding hydrogens is 224 g/mol. The van der Waals surface area contributed by atoms with Crippen LogP contribution < -0.4 is 0 Å². The minimum Gasteiger partial charge on any atom is -0.292 e. The number of benzene rings is 1. The molecule has 0 aliphatic heterocycles. The van der Waals surface area contributed by atoms with Gasteiger partial charge in [-0.15, -0.1) is 0 Å². The molecule has 0 radical (unpaired) electrons. The van der Waals surface area contributed by atoms with E-state index in [1.165, 1.54) is 0 Å². The fourth-order valence-electron chi connectivity index (χ4n) is 2.05. The molecule has 1 aromatic heterocycles. The quantitative estimate of drug-likeness (QED) is 0.752. The van der Waals surface area contributed by atoms with Crippen molar-refractivity contribution in [2.75, 3.05) is 0 Å². The highest BCUT2D eigenvalue weighted by molar-refractivity contribution is 5.95. The Morgan fingerprint density at radius 2 is 1.83 bits per heavy atom. The maximum Gasteiger partial charge on any atom is 0.186 e. The van der Waals surface area contributed by atoms with E-state index in [-0.39, 0.29) is 11.7 Å². The molecule has 1 aromatic carbocycles. The van der Waals surface area contributed by atoms with Gasteiger partial charge in [0.05, 0.1) is 5.69 Å². The molecule has 0 bridgehead atoms. The monoisotopic (exact) mass is 242 g/mol. The summed E-state index contributed by atoms with van der Waals surface area (Å²) in [5.41, 5.74) is 1.54. The fraction of sp³-hybridized carbons (Fsp3) is 0.333. The van der Waals surface area contributed by atoms with Crippen LogP contribution in [0.2, 0.25) is 0 Å². The lowest BCUT2D eigenvalue weighted by Gasteiger charge is -2.08. The first-order valence-electron chi connectivity index (χ1n) is 6.41. The van der Waals surface area contributed by atoms with Gasteiger partial charge < -0.3 is 0 Å². The van der Waals surface area contributed by atoms with Gasteiger partial charge in [0.1, 0.15) is 5.69 Å². The Hall–Kier alpha value is -1.90. The van der Waals surface area contributed by atoms with Crippen LogP contribution in [0.15, 0.2) is 42.6 Å². The molecule has 0 saturated carbocycles. The van der Waals surface area contributed by atoms with Gasteiger partial charge in [-0.3, -0.25) is 4.79 Å². The van der Waals surface area contributed by atoms with Crippen molar-refractivity contribution >= 4 is 5.78 Å². The number of hydrogen-bond acceptors (Lipinski definition) is 2. The summed E-state index contributed by atoms with van der Waals surface area (Å²) in [5.74, 6) is 0.235. The summed E-state index contributed by atoms with van der Waals surface area (Å²) in [6, 6.07) is 11.6. The largest absolute Gasteiger partial charge is 0.292 e. The van der Waals surface area contributed by atoms with Gasteiger partial charge in [0.25, 0.3) is 0 Å². The van der Waals surface area contributed by atoms with Gasteiger partial charge >= 0.3 is 0 Å². The molecule has 0 aliphatic carbocycles. The van der Waals surface area contributed by atoms with E-state index >= 15 is 0 Å². The average Bonchev–Trinajstić information content (AvgIpc) is 2.90. The van der Waals surface area contributed by atoms with E-state index in [4.69, 9.17) is 0 Å². The fourth-order valence-corrected chi connectivity index (χ4v) is 2.05. The van der Waals surface area contributed by atoms with Crippen molar-refractivity contribution in [1.82, 2.24) is 9.78 Å². The second-order valence-electron chi connectivity index (χ2n) is 4.36. The normalized spacial score (nSPS) is 10.8. The molecule has 1 heterocycles. The minimum atomic E-state index is 0.0872. The smallest absolute Gasteiger partial charge is 0.186 e. The lowest BCUT2D eigenvalue weighted by Crippen LogP contribution is -2.14. The second kappa shape index (κ2) is 5.63. The first-order chi connectivity index (χ1) is 8.76. The molecule has 2 rings (SSSR count). The molecule has 2 aromatic rings. The molecule has 0 amide bonds. The predicted octanol–water partition coefficient (Wildman–Crippen LogP) is 3.49. The highest BCUT2D eigenvalue weighted by atomic mass is 16.1. The highest BCUT2D eigenvalue weighted by Crippen LogP contribution is 2.15. The number of hydrogen-bond donors (Lipinski definition) is 0. The zero-order chi connectivity index (χ0) is 13.0. The van der Waals surface area contributed by atoms with Crippen LogP contribution in [0.4, 0.5) is 0 Å². The lowest BCUT2D eigenvalue weighted by atomic mass is 9.96. The number of carbonyl (C=O) groups is 1. The van der Waals surface area contributed by atoms with Crippen molar-refractivity contribution in [3.8, 4) is 5.69 Å². The molecule has 94 valence electrons. The number of nitrogens with zero attached hydrogens (tertiary/aromatic N) is 2. The molecule has 0 spiro atoms. The van der Waals surface area contributed by atoms with Crippen molar-refractivity contribution in [2.24, 2.45) is 5.92 Å². The summed E-state index contributed by atoms with van der Waals surface area (Å²) in [6.07, 6.45) is 3.58. The molecule has 0 N–H and O–H groups in total. The lowest BCUT2D eigenvalue weighted by molar-refractivity contribution is 0.0908. The molecule has 0 unspecified atom stereocenters. The molecule has 0 saturated heterocycles. The van der Waals surface area contributed by atoms with E-state index in [0.29, 0.717) is 5.69 Å². The van der Waals surface area contributed by atoms with Gasteiger partial charge in [0, 0.05) is 12.1 Å². The Morgan fingerprint density at radius 3 is 2.44 bits per heavy atom. The molecular formula is C15H18N2O. The predicted molar refractivity (Wildman–Crippen MR) is 72.0 cm³/mol. The Balaban J connectivity index is 2.23. The zero-order valence-corrected chi connectivity index (χ0v) is 10.8. The first kappa shape index (κ1) is 12.6. The van der Waals surface area contributed by atoms with E-state index in [1.54, 1.807) is 10.7 Å². The molecule has 0 fully saturated rings. The third-order valence-corrected chi connectivity index (χ3v) is 3.22. The van der Waals surface area contributed by atoms with E-state index in [0.717, 1.165) is 18.5 Å². The van der Waals surface area contributed by atoms with Crippen molar-refractivity contribution in [3.63, 3.8) is 0 Å². The average molecular weight is 242 g/mol. The molecule has 0 atom stereocenters. The molecule has 3 nitrogen and oxygen atoms in total. The van der Waals surface area contributed by atoms with Gasteiger partial charge in [-0.05, 0) is 31.0 Å². The number of rotatable bonds is 5. The van der Waals surface area contributed by atoms with Crippen molar-refractivity contribution in [2.45, 2.75) is 26.7 Å². The molecule has 0 aliphatic rings. The second-order valence-corrected chi connectivity index (χ2v) is 4.36. The number of ketones is 1. The van der Waals surface area contributed by atoms with Crippen LogP contribution in [-0.2, 0) is 0 Å². The summed E-state index contributed by atoms with van der Waals surface area (Å²) in [7, 11) is 0. The first-order valence-corrected chi connectivity index (χ1v) is 6.41. The van der Waals surface area contributed by atoms with Gasteiger partial charge in [0.2, 0.25) is 0 Å². The summed E-state index contributed by atoms with van der Waals surface area (Å²) >= 11 is 0. The SMILES string of the molecule is CCC(CC)C(=O)c1ccn(-c2ccccc2)n1. The minimum absolute atomic E-state index is 0.0872. The van der Waals surface area contributed by atoms with Crippen LogP contribution in [0, 0.1) is 5.92 Å². The van der Waals surface area contributed by atoms with Crippen LogP contribution in [0.25, 0.3) is 5.69 Å². The number of carbonyl (C=O) groups excluding carboxylic acids is 1. The van der Waals surface area contributed by atoms with E-state index < -0.39 is 0 Å². The molecule has 18 heavy (non-hydrogen) atoms.